The molecule has 0 aliphatic heterocycles. The molecule has 0 aromatic heterocycles. The van der Waals surface area contributed by atoms with Gasteiger partial charge in [0.2, 0.25) is 0 Å². The largest absolute Gasteiger partial charge is 0.480 e. The van der Waals surface area contributed by atoms with Crippen LogP contribution in [0.4, 0.5) is 0 Å². The van der Waals surface area contributed by atoms with Gasteiger partial charge in [0.1, 0.15) is 12.6 Å². The van der Waals surface area contributed by atoms with Gasteiger partial charge in [-0.3, -0.25) is 23.4 Å². The van der Waals surface area contributed by atoms with Gasteiger partial charge in [-0.2, -0.15) is 0 Å². The molecule has 43 heavy (non-hydrogen) atoms. The molecule has 0 saturated carbocycles. The van der Waals surface area contributed by atoms with Crippen LogP contribution >= 0.6 is 7.82 Å². The van der Waals surface area contributed by atoms with E-state index in [1.807, 2.05) is 0 Å². The van der Waals surface area contributed by atoms with Crippen molar-refractivity contribution >= 4 is 25.7 Å². The Kier molecular flexibility index (Phi) is 26.6. The minimum absolute atomic E-state index is 0.104. The van der Waals surface area contributed by atoms with Crippen LogP contribution in [0.1, 0.15) is 136 Å². The van der Waals surface area contributed by atoms with Crippen molar-refractivity contribution in [2.75, 3.05) is 19.8 Å². The van der Waals surface area contributed by atoms with Crippen LogP contribution in [0.5, 0.6) is 0 Å². The van der Waals surface area contributed by atoms with Gasteiger partial charge < -0.3 is 25.2 Å². The maximum atomic E-state index is 12.3. The van der Waals surface area contributed by atoms with Crippen molar-refractivity contribution in [2.24, 2.45) is 5.73 Å². The number of aliphatic carboxylic acids is 1. The predicted octanol–water partition coefficient (Wildman–Crippen LogP) is 6.99. The second kappa shape index (κ2) is 27.7. The molecule has 0 amide bonds. The first-order chi connectivity index (χ1) is 20.6. The van der Waals surface area contributed by atoms with Crippen molar-refractivity contribution in [2.45, 2.75) is 148 Å². The molecule has 0 aliphatic rings. The molecule has 0 bridgehead atoms. The average Bonchev–Trinajstić information content (AvgIpc) is 2.98. The van der Waals surface area contributed by atoms with Gasteiger partial charge >= 0.3 is 25.7 Å². The molecule has 12 heteroatoms. The molecule has 0 fully saturated rings. The van der Waals surface area contributed by atoms with Crippen LogP contribution < -0.4 is 5.73 Å². The number of carbonyl (C=O) groups is 3. The third-order valence-corrected chi connectivity index (χ3v) is 7.77. The van der Waals surface area contributed by atoms with Gasteiger partial charge in [-0.25, -0.2) is 4.57 Å². The molecule has 0 saturated heterocycles. The van der Waals surface area contributed by atoms with Gasteiger partial charge in [0.15, 0.2) is 6.10 Å². The van der Waals surface area contributed by atoms with E-state index in [1.54, 1.807) is 6.92 Å². The smallest absolute Gasteiger partial charge is 0.472 e. The van der Waals surface area contributed by atoms with E-state index in [9.17, 15) is 23.8 Å². The number of allylic oxidation sites excluding steroid dienone is 2. The summed E-state index contributed by atoms with van der Waals surface area (Å²) in [6.45, 7) is 2.14. The van der Waals surface area contributed by atoms with Crippen LogP contribution in [0.15, 0.2) is 12.2 Å². The molecule has 0 aliphatic carbocycles. The number of unbranched alkanes of at least 4 members (excludes halogenated alkanes) is 15. The number of esters is 2. The molecule has 0 spiro atoms. The Morgan fingerprint density at radius 1 is 0.721 bits per heavy atom. The number of carboxylic acid groups (broad SMARTS) is 1. The van der Waals surface area contributed by atoms with E-state index in [1.165, 1.54) is 83.5 Å². The molecule has 0 aromatic rings. The standard InChI is InChI=1S/C31H58NO10P/c1-3-5-6-7-8-9-10-11-12-13-14-15-16-17-18-19-20-21-22-23-30(34)42-27(24-39-29(33)4-2)25-40-43(37,38)41-26-28(32)31(35)36/h11-12,27-28H,3-10,13-26,32H2,1-2H3,(H,35,36)(H,37,38)/b12-11-. The number of nitrogens with two attached hydrogens (primary N) is 1. The fourth-order valence-electron chi connectivity index (χ4n) is 4.16. The fraction of sp³-hybridized carbons (Fsp3) is 0.839. The number of carbonyl (C=O) groups excluding carboxylic acids is 2. The third-order valence-electron chi connectivity index (χ3n) is 6.82. The lowest BCUT2D eigenvalue weighted by Gasteiger charge is -2.20. The zero-order chi connectivity index (χ0) is 32.2. The summed E-state index contributed by atoms with van der Waals surface area (Å²) in [5.74, 6) is -2.48. The number of phosphoric ester groups is 1. The van der Waals surface area contributed by atoms with Gasteiger partial charge in [-0.15, -0.1) is 0 Å². The van der Waals surface area contributed by atoms with Crippen molar-refractivity contribution in [3.05, 3.63) is 12.2 Å². The number of hydrogen-bond donors (Lipinski definition) is 3. The van der Waals surface area contributed by atoms with Crippen LogP contribution in [0.25, 0.3) is 0 Å². The summed E-state index contributed by atoms with van der Waals surface area (Å²) in [6, 6.07) is -1.51. The van der Waals surface area contributed by atoms with E-state index in [4.69, 9.17) is 24.8 Å². The minimum atomic E-state index is -4.67. The van der Waals surface area contributed by atoms with Crippen LogP contribution in [0, 0.1) is 0 Å². The van der Waals surface area contributed by atoms with E-state index in [0.717, 1.165) is 19.3 Å². The van der Waals surface area contributed by atoms with Gasteiger partial charge in [0.05, 0.1) is 13.2 Å². The molecular formula is C31H58NO10P. The van der Waals surface area contributed by atoms with Gasteiger partial charge in [-0.05, 0) is 32.1 Å². The lowest BCUT2D eigenvalue weighted by atomic mass is 10.1. The van der Waals surface area contributed by atoms with E-state index in [2.05, 4.69) is 23.6 Å². The first-order valence-corrected chi connectivity index (χ1v) is 17.7. The Morgan fingerprint density at radius 2 is 1.21 bits per heavy atom. The van der Waals surface area contributed by atoms with Crippen LogP contribution in [-0.2, 0) is 37.5 Å². The first-order valence-electron chi connectivity index (χ1n) is 16.2. The van der Waals surface area contributed by atoms with Crippen molar-refractivity contribution in [3.8, 4) is 0 Å². The Morgan fingerprint density at radius 3 is 1.72 bits per heavy atom. The molecule has 252 valence electrons. The number of ether oxygens (including phenoxy) is 2. The van der Waals surface area contributed by atoms with E-state index in [0.29, 0.717) is 6.42 Å². The highest BCUT2D eigenvalue weighted by atomic mass is 31.2. The first kappa shape index (κ1) is 41.2. The number of phosphoric acid groups is 1. The SMILES string of the molecule is CCCCCCCC/C=C\CCCCCCCCCCCC(=O)OC(COC(=O)CC)COP(=O)(O)OCC(N)C(=O)O. The number of hydrogen-bond acceptors (Lipinski definition) is 9. The van der Waals surface area contributed by atoms with Gasteiger partial charge in [0, 0.05) is 12.8 Å². The average molecular weight is 636 g/mol. The molecule has 0 rings (SSSR count). The lowest BCUT2D eigenvalue weighted by molar-refractivity contribution is -0.161. The van der Waals surface area contributed by atoms with E-state index in [-0.39, 0.29) is 19.4 Å². The maximum Gasteiger partial charge on any atom is 0.472 e. The minimum Gasteiger partial charge on any atom is -0.480 e. The van der Waals surface area contributed by atoms with Gasteiger partial charge in [0.25, 0.3) is 0 Å². The topological polar surface area (TPSA) is 172 Å². The van der Waals surface area contributed by atoms with Crippen LogP contribution in [-0.4, -0.2) is 59.9 Å². The highest BCUT2D eigenvalue weighted by Gasteiger charge is 2.28. The summed E-state index contributed by atoms with van der Waals surface area (Å²) in [7, 11) is -4.67. The van der Waals surface area contributed by atoms with Crippen molar-refractivity contribution < 1.29 is 47.5 Å². The highest BCUT2D eigenvalue weighted by molar-refractivity contribution is 7.47. The number of rotatable bonds is 30. The second-order valence-corrected chi connectivity index (χ2v) is 12.4. The molecule has 11 nitrogen and oxygen atoms in total. The fourth-order valence-corrected chi connectivity index (χ4v) is 4.93. The van der Waals surface area contributed by atoms with Crippen LogP contribution in [0.3, 0.4) is 0 Å². The zero-order valence-electron chi connectivity index (χ0n) is 26.6. The Hall–Kier alpha value is -1.78. The summed E-state index contributed by atoms with van der Waals surface area (Å²) in [5.41, 5.74) is 5.24. The molecular weight excluding hydrogens is 577 g/mol. The van der Waals surface area contributed by atoms with Crippen molar-refractivity contribution in [1.29, 1.82) is 0 Å². The summed E-state index contributed by atoms with van der Waals surface area (Å²) in [6.07, 6.45) is 24.1. The summed E-state index contributed by atoms with van der Waals surface area (Å²) < 4.78 is 31.6. The maximum absolute atomic E-state index is 12.3. The monoisotopic (exact) mass is 635 g/mol. The lowest BCUT2D eigenvalue weighted by Crippen LogP contribution is -2.34. The zero-order valence-corrected chi connectivity index (χ0v) is 27.4. The van der Waals surface area contributed by atoms with E-state index >= 15 is 0 Å². The highest BCUT2D eigenvalue weighted by Crippen LogP contribution is 2.43. The normalized spacial score (nSPS) is 14.3. The molecule has 0 radical (unpaired) electrons. The summed E-state index contributed by atoms with van der Waals surface area (Å²) in [4.78, 5) is 44.3. The Balaban J connectivity index is 3.99. The summed E-state index contributed by atoms with van der Waals surface area (Å²) >= 11 is 0. The number of carboxylic acids is 1. The third kappa shape index (κ3) is 27.5. The van der Waals surface area contributed by atoms with Crippen molar-refractivity contribution in [1.82, 2.24) is 0 Å². The second-order valence-electron chi connectivity index (χ2n) is 10.9. The quantitative estimate of drug-likeness (QED) is 0.0321. The Bertz CT molecular complexity index is 807. The summed E-state index contributed by atoms with van der Waals surface area (Å²) in [5, 5.41) is 8.74. The van der Waals surface area contributed by atoms with Crippen LogP contribution in [0.2, 0.25) is 0 Å². The van der Waals surface area contributed by atoms with Crippen molar-refractivity contribution in [3.63, 3.8) is 0 Å². The molecule has 0 aromatic carbocycles. The predicted molar refractivity (Wildman–Crippen MR) is 166 cm³/mol. The molecule has 3 unspecified atom stereocenters. The molecule has 4 N–H and O–H groups in total. The molecule has 3 atom stereocenters. The van der Waals surface area contributed by atoms with E-state index < -0.39 is 51.1 Å². The Labute approximate surface area is 258 Å². The molecule has 0 heterocycles. The van der Waals surface area contributed by atoms with Gasteiger partial charge in [-0.1, -0.05) is 103 Å².